The highest BCUT2D eigenvalue weighted by Crippen LogP contribution is 2.25. The van der Waals surface area contributed by atoms with Crippen molar-refractivity contribution < 1.29 is 9.59 Å². The second-order valence-corrected chi connectivity index (χ2v) is 8.42. The van der Waals surface area contributed by atoms with Crippen molar-refractivity contribution in [2.24, 2.45) is 0 Å². The Morgan fingerprint density at radius 3 is 2.66 bits per heavy atom. The van der Waals surface area contributed by atoms with Gasteiger partial charge in [-0.05, 0) is 37.5 Å². The Balaban J connectivity index is 1.40. The maximum Gasteiger partial charge on any atom is 0.254 e. The van der Waals surface area contributed by atoms with Gasteiger partial charge in [-0.25, -0.2) is 4.98 Å². The summed E-state index contributed by atoms with van der Waals surface area (Å²) in [6.07, 6.45) is 4.09. The topological polar surface area (TPSA) is 62.3 Å². The number of benzene rings is 2. The maximum absolute atomic E-state index is 12.8. The molecule has 2 heterocycles. The maximum atomic E-state index is 12.8. The van der Waals surface area contributed by atoms with Crippen molar-refractivity contribution in [1.29, 1.82) is 0 Å². The van der Waals surface area contributed by atoms with Crippen LogP contribution >= 0.6 is 11.3 Å². The van der Waals surface area contributed by atoms with E-state index >= 15 is 0 Å². The lowest BCUT2D eigenvalue weighted by Crippen LogP contribution is -2.43. The lowest BCUT2D eigenvalue weighted by Gasteiger charge is -2.23. The number of carbonyl (C=O) groups excluding carboxylic acids is 2. The molecule has 2 aromatic carbocycles. The Bertz CT molecular complexity index is 998. The summed E-state index contributed by atoms with van der Waals surface area (Å²) in [5.74, 6) is -0.259. The monoisotopic (exact) mass is 405 g/mol. The van der Waals surface area contributed by atoms with Gasteiger partial charge in [0.25, 0.3) is 5.91 Å². The summed E-state index contributed by atoms with van der Waals surface area (Å²) < 4.78 is 0. The highest BCUT2D eigenvalue weighted by molar-refractivity contribution is 7.15. The van der Waals surface area contributed by atoms with Gasteiger partial charge in [0.1, 0.15) is 6.04 Å². The van der Waals surface area contributed by atoms with Gasteiger partial charge >= 0.3 is 0 Å². The highest BCUT2D eigenvalue weighted by Gasteiger charge is 2.34. The largest absolute Gasteiger partial charge is 0.327 e. The number of hydrogen-bond acceptors (Lipinski definition) is 4. The van der Waals surface area contributed by atoms with E-state index in [1.165, 1.54) is 22.5 Å². The average molecular weight is 406 g/mol. The number of hydrogen-bond donors (Lipinski definition) is 1. The SMILES string of the molecule is Cc1ccc(Cc2cnc(NC(=O)C3CCCN3C(=O)c3ccccc3)s2)cc1. The van der Waals surface area contributed by atoms with E-state index in [1.54, 1.807) is 17.0 Å². The van der Waals surface area contributed by atoms with Gasteiger partial charge in [-0.3, -0.25) is 9.59 Å². The molecule has 1 aliphatic rings. The van der Waals surface area contributed by atoms with Crippen molar-refractivity contribution in [3.63, 3.8) is 0 Å². The Morgan fingerprint density at radius 1 is 1.14 bits per heavy atom. The molecule has 2 amide bonds. The molecule has 5 nitrogen and oxygen atoms in total. The van der Waals surface area contributed by atoms with E-state index in [1.807, 2.05) is 24.4 Å². The van der Waals surface area contributed by atoms with Gasteiger partial charge in [-0.15, -0.1) is 11.3 Å². The van der Waals surface area contributed by atoms with Gasteiger partial charge in [-0.1, -0.05) is 48.0 Å². The first-order valence-electron chi connectivity index (χ1n) is 9.77. The number of aryl methyl sites for hydroxylation is 1. The summed E-state index contributed by atoms with van der Waals surface area (Å²) in [5.41, 5.74) is 3.06. The van der Waals surface area contributed by atoms with Crippen LogP contribution in [0, 0.1) is 6.92 Å². The zero-order chi connectivity index (χ0) is 20.2. The van der Waals surface area contributed by atoms with Crippen LogP contribution in [0.25, 0.3) is 0 Å². The molecule has 4 rings (SSSR count). The minimum Gasteiger partial charge on any atom is -0.327 e. The molecule has 0 radical (unpaired) electrons. The Labute approximate surface area is 174 Å². The molecule has 0 saturated carbocycles. The van der Waals surface area contributed by atoms with E-state index in [2.05, 4.69) is 41.5 Å². The first-order valence-corrected chi connectivity index (χ1v) is 10.6. The van der Waals surface area contributed by atoms with Crippen molar-refractivity contribution in [1.82, 2.24) is 9.88 Å². The van der Waals surface area contributed by atoms with Crippen LogP contribution in [0.1, 0.15) is 39.2 Å². The third kappa shape index (κ3) is 4.54. The highest BCUT2D eigenvalue weighted by atomic mass is 32.1. The first-order chi connectivity index (χ1) is 14.1. The number of nitrogens with one attached hydrogen (secondary N) is 1. The number of aromatic nitrogens is 1. The normalized spacial score (nSPS) is 16.0. The predicted octanol–water partition coefficient (Wildman–Crippen LogP) is 4.29. The Morgan fingerprint density at radius 2 is 1.90 bits per heavy atom. The minimum absolute atomic E-state index is 0.0950. The quantitative estimate of drug-likeness (QED) is 0.689. The zero-order valence-corrected chi connectivity index (χ0v) is 17.1. The van der Waals surface area contributed by atoms with Gasteiger partial charge in [0, 0.05) is 29.6 Å². The number of amides is 2. The molecule has 6 heteroatoms. The summed E-state index contributed by atoms with van der Waals surface area (Å²) in [6.45, 7) is 2.67. The lowest BCUT2D eigenvalue weighted by atomic mass is 10.1. The van der Waals surface area contributed by atoms with Gasteiger partial charge in [0.15, 0.2) is 5.13 Å². The van der Waals surface area contributed by atoms with Gasteiger partial charge in [0.05, 0.1) is 0 Å². The fraction of sp³-hybridized carbons (Fsp3) is 0.261. The van der Waals surface area contributed by atoms with Crippen molar-refractivity contribution in [2.75, 3.05) is 11.9 Å². The molecule has 1 saturated heterocycles. The molecule has 148 valence electrons. The molecule has 1 aromatic heterocycles. The van der Waals surface area contributed by atoms with Crippen LogP contribution in [0.2, 0.25) is 0 Å². The standard InChI is InChI=1S/C23H23N3O2S/c1-16-9-11-17(12-10-16)14-19-15-24-23(29-19)25-21(27)20-8-5-13-26(20)22(28)18-6-3-2-4-7-18/h2-4,6-7,9-12,15,20H,5,8,13-14H2,1H3,(H,24,25,27). The van der Waals surface area contributed by atoms with Crippen LogP contribution in [-0.4, -0.2) is 34.3 Å². The fourth-order valence-electron chi connectivity index (χ4n) is 3.57. The van der Waals surface area contributed by atoms with Crippen LogP contribution in [0.4, 0.5) is 5.13 Å². The molecule has 0 aliphatic carbocycles. The number of nitrogens with zero attached hydrogens (tertiary/aromatic N) is 2. The number of thiazole rings is 1. The molecular formula is C23H23N3O2S. The summed E-state index contributed by atoms with van der Waals surface area (Å²) in [4.78, 5) is 32.7. The van der Waals surface area contributed by atoms with Crippen molar-refractivity contribution in [3.05, 3.63) is 82.4 Å². The Hall–Kier alpha value is -2.99. The number of carbonyl (C=O) groups is 2. The molecule has 3 aromatic rings. The third-order valence-electron chi connectivity index (χ3n) is 5.12. The molecular weight excluding hydrogens is 382 g/mol. The summed E-state index contributed by atoms with van der Waals surface area (Å²) in [5, 5.41) is 3.49. The zero-order valence-electron chi connectivity index (χ0n) is 16.3. The fourth-order valence-corrected chi connectivity index (χ4v) is 4.42. The van der Waals surface area contributed by atoms with E-state index in [0.717, 1.165) is 17.7 Å². The third-order valence-corrected chi connectivity index (χ3v) is 6.03. The van der Waals surface area contributed by atoms with E-state index in [4.69, 9.17) is 0 Å². The second-order valence-electron chi connectivity index (χ2n) is 7.31. The summed E-state index contributed by atoms with van der Waals surface area (Å²) in [6, 6.07) is 17.1. The van der Waals surface area contributed by atoms with Gasteiger partial charge in [-0.2, -0.15) is 0 Å². The van der Waals surface area contributed by atoms with Gasteiger partial charge in [0.2, 0.25) is 5.91 Å². The van der Waals surface area contributed by atoms with E-state index in [0.29, 0.717) is 23.7 Å². The van der Waals surface area contributed by atoms with Crippen LogP contribution in [0.3, 0.4) is 0 Å². The van der Waals surface area contributed by atoms with Crippen LogP contribution in [0.5, 0.6) is 0 Å². The molecule has 1 N–H and O–H groups in total. The summed E-state index contributed by atoms with van der Waals surface area (Å²) in [7, 11) is 0. The molecule has 1 aliphatic heterocycles. The number of rotatable bonds is 5. The average Bonchev–Trinajstić information content (AvgIpc) is 3.39. The lowest BCUT2D eigenvalue weighted by molar-refractivity contribution is -0.119. The van der Waals surface area contributed by atoms with Crippen molar-refractivity contribution >= 4 is 28.3 Å². The second kappa shape index (κ2) is 8.57. The van der Waals surface area contributed by atoms with Crippen molar-refractivity contribution in [3.8, 4) is 0 Å². The molecule has 29 heavy (non-hydrogen) atoms. The smallest absolute Gasteiger partial charge is 0.254 e. The molecule has 0 bridgehead atoms. The van der Waals surface area contributed by atoms with Crippen LogP contribution in [0.15, 0.2) is 60.8 Å². The minimum atomic E-state index is -0.452. The number of anilines is 1. The van der Waals surface area contributed by atoms with E-state index in [9.17, 15) is 9.59 Å². The Kier molecular flexibility index (Phi) is 5.71. The molecule has 1 fully saturated rings. The van der Waals surface area contributed by atoms with Crippen LogP contribution < -0.4 is 5.32 Å². The first kappa shape index (κ1) is 19.3. The molecule has 1 atom stereocenters. The summed E-state index contributed by atoms with van der Waals surface area (Å²) >= 11 is 1.48. The van der Waals surface area contributed by atoms with E-state index in [-0.39, 0.29) is 11.8 Å². The number of likely N-dealkylation sites (tertiary alicyclic amines) is 1. The van der Waals surface area contributed by atoms with Gasteiger partial charge < -0.3 is 10.2 Å². The van der Waals surface area contributed by atoms with Crippen molar-refractivity contribution in [2.45, 2.75) is 32.2 Å². The molecule has 0 spiro atoms. The predicted molar refractivity (Wildman–Crippen MR) is 115 cm³/mol. The molecule has 1 unspecified atom stereocenters. The van der Waals surface area contributed by atoms with E-state index < -0.39 is 6.04 Å². The van der Waals surface area contributed by atoms with Crippen LogP contribution in [-0.2, 0) is 11.2 Å².